The predicted molar refractivity (Wildman–Crippen MR) is 121 cm³/mol. The van der Waals surface area contributed by atoms with Crippen LogP contribution in [-0.4, -0.2) is 0 Å². The number of fused-ring (bicyclic) bond motifs is 1. The monoisotopic (exact) mass is 382 g/mol. The van der Waals surface area contributed by atoms with Crippen molar-refractivity contribution in [1.82, 2.24) is 0 Å². The van der Waals surface area contributed by atoms with Gasteiger partial charge in [0, 0.05) is 17.0 Å². The Morgan fingerprint density at radius 2 is 1.55 bits per heavy atom. The van der Waals surface area contributed by atoms with Gasteiger partial charge in [-0.3, -0.25) is 5.43 Å². The molecule has 0 aliphatic carbocycles. The van der Waals surface area contributed by atoms with Gasteiger partial charge in [0.2, 0.25) is 0 Å². The molecule has 4 aromatic rings. The molecule has 29 heavy (non-hydrogen) atoms. The van der Waals surface area contributed by atoms with E-state index < -0.39 is 0 Å². The quantitative estimate of drug-likeness (QED) is 0.404. The number of nitrogens with zero attached hydrogens (tertiary/aromatic N) is 1. The normalized spacial score (nSPS) is 12.3. The average molecular weight is 383 g/mol. The van der Waals surface area contributed by atoms with Gasteiger partial charge < -0.3 is 4.42 Å². The van der Waals surface area contributed by atoms with E-state index in [0.29, 0.717) is 0 Å². The first-order valence-corrected chi connectivity index (χ1v) is 9.90. The van der Waals surface area contributed by atoms with Crippen molar-refractivity contribution in [3.63, 3.8) is 0 Å². The zero-order chi connectivity index (χ0) is 20.4. The third-order valence-electron chi connectivity index (χ3n) is 5.02. The van der Waals surface area contributed by atoms with Crippen LogP contribution in [0.1, 0.15) is 31.9 Å². The number of aryl methyl sites for hydroxylation is 1. The van der Waals surface area contributed by atoms with Gasteiger partial charge >= 0.3 is 0 Å². The maximum absolute atomic E-state index is 6.26. The number of hydrogen-bond acceptors (Lipinski definition) is 3. The molecule has 1 N–H and O–H groups in total. The molecule has 0 radical (unpaired) electrons. The first-order valence-electron chi connectivity index (χ1n) is 9.90. The van der Waals surface area contributed by atoms with E-state index in [1.165, 1.54) is 5.56 Å². The van der Waals surface area contributed by atoms with Crippen molar-refractivity contribution in [1.29, 1.82) is 0 Å². The Balaban J connectivity index is 1.83. The summed E-state index contributed by atoms with van der Waals surface area (Å²) in [6.45, 7) is 8.73. The summed E-state index contributed by atoms with van der Waals surface area (Å²) in [5.74, 6) is 0.803. The van der Waals surface area contributed by atoms with Crippen molar-refractivity contribution in [3.05, 3.63) is 95.3 Å². The van der Waals surface area contributed by atoms with Crippen molar-refractivity contribution < 1.29 is 4.42 Å². The Hall–Kier alpha value is -3.33. The predicted octanol–water partition coefficient (Wildman–Crippen LogP) is 6.63. The first-order chi connectivity index (χ1) is 13.9. The second kappa shape index (κ2) is 7.59. The van der Waals surface area contributed by atoms with Gasteiger partial charge in [-0.1, -0.05) is 69.3 Å². The summed E-state index contributed by atoms with van der Waals surface area (Å²) >= 11 is 0. The van der Waals surface area contributed by atoms with E-state index in [4.69, 9.17) is 4.42 Å². The second-order valence-electron chi connectivity index (χ2n) is 8.41. The summed E-state index contributed by atoms with van der Waals surface area (Å²) in [5.41, 5.74) is 8.55. The van der Waals surface area contributed by atoms with Crippen LogP contribution in [0.25, 0.3) is 22.3 Å². The molecule has 4 rings (SSSR count). The van der Waals surface area contributed by atoms with E-state index in [0.717, 1.165) is 38.9 Å². The number of nitrogens with one attached hydrogen (secondary N) is 1. The van der Waals surface area contributed by atoms with Crippen LogP contribution in [0.15, 0.2) is 88.4 Å². The lowest BCUT2D eigenvalue weighted by Crippen LogP contribution is -2.10. The number of para-hydroxylation sites is 1. The number of rotatable bonds is 3. The fraction of sp³-hybridized carbons (Fsp3) is 0.192. The maximum atomic E-state index is 6.26. The van der Waals surface area contributed by atoms with Crippen molar-refractivity contribution in [2.75, 3.05) is 5.43 Å². The first kappa shape index (κ1) is 19.0. The molecule has 0 aliphatic heterocycles. The molecule has 0 aliphatic rings. The van der Waals surface area contributed by atoms with Crippen LogP contribution in [-0.2, 0) is 5.41 Å². The number of hydrogen-bond donors (Lipinski definition) is 1. The molecule has 3 nitrogen and oxygen atoms in total. The molecule has 1 heterocycles. The van der Waals surface area contributed by atoms with Gasteiger partial charge in [-0.15, -0.1) is 0 Å². The molecule has 3 aromatic carbocycles. The largest absolute Gasteiger partial charge is 0.456 e. The van der Waals surface area contributed by atoms with Crippen LogP contribution in [0, 0.1) is 6.92 Å². The third kappa shape index (κ3) is 4.24. The van der Waals surface area contributed by atoms with Crippen molar-refractivity contribution in [2.24, 2.45) is 5.10 Å². The van der Waals surface area contributed by atoms with Gasteiger partial charge in [0.25, 0.3) is 0 Å². The van der Waals surface area contributed by atoms with Crippen LogP contribution in [0.4, 0.5) is 5.69 Å². The highest BCUT2D eigenvalue weighted by Gasteiger charge is 2.14. The average Bonchev–Trinajstić information content (AvgIpc) is 2.71. The molecule has 3 heteroatoms. The van der Waals surface area contributed by atoms with E-state index in [1.807, 2.05) is 36.4 Å². The van der Waals surface area contributed by atoms with Crippen LogP contribution in [0.5, 0.6) is 0 Å². The molecule has 0 atom stereocenters. The summed E-state index contributed by atoms with van der Waals surface area (Å²) in [6.07, 6.45) is 0. The number of benzene rings is 3. The summed E-state index contributed by atoms with van der Waals surface area (Å²) < 4.78 is 6.26. The van der Waals surface area contributed by atoms with Crippen molar-refractivity contribution in [3.8, 4) is 11.3 Å². The minimum absolute atomic E-state index is 0.121. The summed E-state index contributed by atoms with van der Waals surface area (Å²) in [7, 11) is 0. The fourth-order valence-corrected chi connectivity index (χ4v) is 3.28. The standard InChI is InChI=1S/C26H26N2O/c1-18-10-15-22-23(28-27-21-8-6-5-7-9-21)17-24(29-25(22)16-18)19-11-13-20(14-12-19)26(2,3)4/h5-17,27H,1-4H3/b28-23+. The van der Waals surface area contributed by atoms with Gasteiger partial charge in [0.05, 0.1) is 11.0 Å². The minimum atomic E-state index is 0.121. The van der Waals surface area contributed by atoms with E-state index in [2.05, 4.69) is 80.7 Å². The molecule has 0 spiro atoms. The molecular weight excluding hydrogens is 356 g/mol. The van der Waals surface area contributed by atoms with E-state index in [-0.39, 0.29) is 5.41 Å². The van der Waals surface area contributed by atoms with Gasteiger partial charge in [-0.25, -0.2) is 0 Å². The van der Waals surface area contributed by atoms with Gasteiger partial charge in [-0.2, -0.15) is 5.10 Å². The van der Waals surface area contributed by atoms with Crippen LogP contribution >= 0.6 is 0 Å². The zero-order valence-corrected chi connectivity index (χ0v) is 17.4. The third-order valence-corrected chi connectivity index (χ3v) is 5.02. The van der Waals surface area contributed by atoms with Crippen LogP contribution < -0.4 is 10.8 Å². The zero-order valence-electron chi connectivity index (χ0n) is 17.4. The Kier molecular flexibility index (Phi) is 4.98. The Morgan fingerprint density at radius 1 is 0.828 bits per heavy atom. The lowest BCUT2D eigenvalue weighted by Gasteiger charge is -2.19. The Morgan fingerprint density at radius 3 is 2.24 bits per heavy atom. The van der Waals surface area contributed by atoms with Crippen LogP contribution in [0.3, 0.4) is 0 Å². The lowest BCUT2D eigenvalue weighted by molar-refractivity contribution is 0.589. The minimum Gasteiger partial charge on any atom is -0.456 e. The van der Waals surface area contributed by atoms with Gasteiger partial charge in [-0.05, 0) is 47.7 Å². The summed E-state index contributed by atoms with van der Waals surface area (Å²) in [5, 5.41) is 6.50. The molecule has 1 aromatic heterocycles. The van der Waals surface area contributed by atoms with E-state index >= 15 is 0 Å². The highest BCUT2D eigenvalue weighted by atomic mass is 16.3. The highest BCUT2D eigenvalue weighted by molar-refractivity contribution is 5.79. The van der Waals surface area contributed by atoms with Gasteiger partial charge in [0.1, 0.15) is 11.3 Å². The van der Waals surface area contributed by atoms with E-state index in [9.17, 15) is 0 Å². The summed E-state index contributed by atoms with van der Waals surface area (Å²) in [4.78, 5) is 0. The molecule has 0 unspecified atom stereocenters. The fourth-order valence-electron chi connectivity index (χ4n) is 3.28. The maximum Gasteiger partial charge on any atom is 0.137 e. The smallest absolute Gasteiger partial charge is 0.137 e. The summed E-state index contributed by atoms with van der Waals surface area (Å²) in [6, 6.07) is 26.7. The van der Waals surface area contributed by atoms with Crippen molar-refractivity contribution in [2.45, 2.75) is 33.1 Å². The van der Waals surface area contributed by atoms with Gasteiger partial charge in [0.15, 0.2) is 0 Å². The topological polar surface area (TPSA) is 37.5 Å². The van der Waals surface area contributed by atoms with Crippen molar-refractivity contribution >= 4 is 16.7 Å². The molecule has 0 saturated carbocycles. The number of anilines is 1. The van der Waals surface area contributed by atoms with Crippen LogP contribution in [0.2, 0.25) is 0 Å². The molecule has 146 valence electrons. The highest BCUT2D eigenvalue weighted by Crippen LogP contribution is 2.27. The molecule has 0 bridgehead atoms. The molecule has 0 fully saturated rings. The lowest BCUT2D eigenvalue weighted by atomic mass is 9.86. The Bertz CT molecular complexity index is 1200. The molecular formula is C26H26N2O. The Labute approximate surface area is 171 Å². The SMILES string of the molecule is Cc1ccc2/c(=N/Nc3ccccc3)cc(-c3ccc(C(C)(C)C)cc3)oc2c1. The molecule has 0 saturated heterocycles. The van der Waals surface area contributed by atoms with E-state index in [1.54, 1.807) is 0 Å². The second-order valence-corrected chi connectivity index (χ2v) is 8.41. The molecule has 0 amide bonds.